The molecule has 6 heteroatoms. The molecule has 0 aromatic heterocycles. The van der Waals surface area contributed by atoms with Crippen molar-refractivity contribution in [1.82, 2.24) is 4.90 Å². The number of hydrogen-bond acceptors (Lipinski definition) is 3. The molecule has 1 aliphatic heterocycles. The van der Waals surface area contributed by atoms with Crippen LogP contribution < -0.4 is 15.5 Å². The number of amides is 3. The van der Waals surface area contributed by atoms with Gasteiger partial charge in [-0.3, -0.25) is 4.79 Å². The molecule has 1 heterocycles. The van der Waals surface area contributed by atoms with Gasteiger partial charge in [-0.05, 0) is 54.3 Å². The van der Waals surface area contributed by atoms with Gasteiger partial charge in [0.25, 0.3) is 5.91 Å². The molecule has 6 nitrogen and oxygen atoms in total. The van der Waals surface area contributed by atoms with E-state index >= 15 is 0 Å². The van der Waals surface area contributed by atoms with Crippen molar-refractivity contribution >= 4 is 39.8 Å². The van der Waals surface area contributed by atoms with E-state index in [-0.39, 0.29) is 11.9 Å². The van der Waals surface area contributed by atoms with E-state index in [1.54, 1.807) is 0 Å². The Morgan fingerprint density at radius 1 is 0.714 bits per heavy atom. The average molecular weight is 465 g/mol. The van der Waals surface area contributed by atoms with E-state index in [1.165, 1.54) is 0 Å². The van der Waals surface area contributed by atoms with E-state index in [4.69, 9.17) is 0 Å². The van der Waals surface area contributed by atoms with Crippen molar-refractivity contribution in [3.05, 3.63) is 102 Å². The molecule has 2 N–H and O–H groups in total. The Morgan fingerprint density at radius 3 is 2.17 bits per heavy atom. The molecule has 0 spiro atoms. The fourth-order valence-electron chi connectivity index (χ4n) is 4.53. The summed E-state index contributed by atoms with van der Waals surface area (Å²) in [5, 5.41) is 7.94. The maximum atomic E-state index is 12.9. The van der Waals surface area contributed by atoms with E-state index in [2.05, 4.69) is 15.5 Å². The standard InChI is InChI=1S/C29H28N4O2/c1-21-7-2-4-10-25(21)28(34)33-19-17-32(18-20-33)24-15-13-23(14-16-24)30-29(35)31-27-12-6-9-22-8-3-5-11-26(22)27/h2-16H,17-20H2,1H3,(H2,30,31,35). The Balaban J connectivity index is 1.17. The summed E-state index contributed by atoms with van der Waals surface area (Å²) in [7, 11) is 0. The minimum absolute atomic E-state index is 0.0968. The Hall–Kier alpha value is -4.32. The molecule has 176 valence electrons. The first-order valence-electron chi connectivity index (χ1n) is 11.8. The zero-order valence-corrected chi connectivity index (χ0v) is 19.7. The maximum Gasteiger partial charge on any atom is 0.323 e. The van der Waals surface area contributed by atoms with Gasteiger partial charge in [-0.2, -0.15) is 0 Å². The molecular formula is C29H28N4O2. The van der Waals surface area contributed by atoms with Crippen LogP contribution in [0.4, 0.5) is 21.9 Å². The van der Waals surface area contributed by atoms with Crippen LogP contribution in [0.25, 0.3) is 10.8 Å². The summed E-state index contributed by atoms with van der Waals surface area (Å²) in [6, 6.07) is 29.1. The second-order valence-electron chi connectivity index (χ2n) is 8.75. The summed E-state index contributed by atoms with van der Waals surface area (Å²) in [5.74, 6) is 0.0968. The first kappa shape index (κ1) is 22.5. The van der Waals surface area contributed by atoms with E-state index in [9.17, 15) is 9.59 Å². The van der Waals surface area contributed by atoms with Crippen LogP contribution in [-0.2, 0) is 0 Å². The molecular weight excluding hydrogens is 436 g/mol. The topological polar surface area (TPSA) is 64.7 Å². The molecule has 5 rings (SSSR count). The zero-order chi connectivity index (χ0) is 24.2. The van der Waals surface area contributed by atoms with Crippen molar-refractivity contribution in [2.45, 2.75) is 6.92 Å². The largest absolute Gasteiger partial charge is 0.368 e. The van der Waals surface area contributed by atoms with Gasteiger partial charge in [-0.1, -0.05) is 54.6 Å². The zero-order valence-electron chi connectivity index (χ0n) is 19.7. The number of benzene rings is 4. The number of nitrogens with zero attached hydrogens (tertiary/aromatic N) is 2. The minimum atomic E-state index is -0.280. The number of aryl methyl sites for hydroxylation is 1. The molecule has 0 bridgehead atoms. The molecule has 0 saturated carbocycles. The predicted octanol–water partition coefficient (Wildman–Crippen LogP) is 5.75. The Bertz CT molecular complexity index is 1350. The number of carbonyl (C=O) groups excluding carboxylic acids is 2. The number of urea groups is 1. The third-order valence-electron chi connectivity index (χ3n) is 6.47. The Labute approximate surface area is 205 Å². The lowest BCUT2D eigenvalue weighted by Crippen LogP contribution is -2.48. The normalized spacial score (nSPS) is 13.5. The number of rotatable bonds is 4. The summed E-state index contributed by atoms with van der Waals surface area (Å²) in [6.45, 7) is 4.88. The first-order valence-corrected chi connectivity index (χ1v) is 11.8. The number of anilines is 3. The van der Waals surface area contributed by atoms with Gasteiger partial charge in [0.15, 0.2) is 0 Å². The van der Waals surface area contributed by atoms with Gasteiger partial charge in [0, 0.05) is 48.5 Å². The van der Waals surface area contributed by atoms with Gasteiger partial charge >= 0.3 is 6.03 Å². The highest BCUT2D eigenvalue weighted by atomic mass is 16.2. The SMILES string of the molecule is Cc1ccccc1C(=O)N1CCN(c2ccc(NC(=O)Nc3cccc4ccccc34)cc2)CC1. The van der Waals surface area contributed by atoms with E-state index in [0.717, 1.165) is 52.1 Å². The summed E-state index contributed by atoms with van der Waals surface area (Å²) < 4.78 is 0. The van der Waals surface area contributed by atoms with E-state index in [1.807, 2.05) is 103 Å². The van der Waals surface area contributed by atoms with Crippen molar-refractivity contribution in [3.63, 3.8) is 0 Å². The smallest absolute Gasteiger partial charge is 0.323 e. The number of nitrogens with one attached hydrogen (secondary N) is 2. The van der Waals surface area contributed by atoms with Crippen LogP contribution in [0.5, 0.6) is 0 Å². The molecule has 35 heavy (non-hydrogen) atoms. The quantitative estimate of drug-likeness (QED) is 0.404. The fourth-order valence-corrected chi connectivity index (χ4v) is 4.53. The highest BCUT2D eigenvalue weighted by Gasteiger charge is 2.23. The second-order valence-corrected chi connectivity index (χ2v) is 8.75. The van der Waals surface area contributed by atoms with Crippen LogP contribution in [0.3, 0.4) is 0 Å². The Kier molecular flexibility index (Phi) is 6.35. The van der Waals surface area contributed by atoms with Crippen molar-refractivity contribution < 1.29 is 9.59 Å². The molecule has 1 fully saturated rings. The lowest BCUT2D eigenvalue weighted by atomic mass is 10.1. The second kappa shape index (κ2) is 9.89. The fraction of sp³-hybridized carbons (Fsp3) is 0.172. The number of piperazine rings is 1. The van der Waals surface area contributed by atoms with Crippen LogP contribution in [0.1, 0.15) is 15.9 Å². The molecule has 1 saturated heterocycles. The molecule has 0 radical (unpaired) electrons. The molecule has 4 aromatic carbocycles. The van der Waals surface area contributed by atoms with Crippen molar-refractivity contribution in [2.75, 3.05) is 41.7 Å². The van der Waals surface area contributed by atoms with Crippen LogP contribution in [0.15, 0.2) is 91.0 Å². The lowest BCUT2D eigenvalue weighted by molar-refractivity contribution is 0.0746. The molecule has 0 aliphatic carbocycles. The monoisotopic (exact) mass is 464 g/mol. The van der Waals surface area contributed by atoms with Crippen LogP contribution in [0.2, 0.25) is 0 Å². The van der Waals surface area contributed by atoms with Crippen LogP contribution in [-0.4, -0.2) is 43.0 Å². The van der Waals surface area contributed by atoms with Crippen LogP contribution >= 0.6 is 0 Å². The maximum absolute atomic E-state index is 12.9. The molecule has 3 amide bonds. The van der Waals surface area contributed by atoms with Crippen molar-refractivity contribution in [2.24, 2.45) is 0 Å². The van der Waals surface area contributed by atoms with Gasteiger partial charge in [-0.25, -0.2) is 4.79 Å². The average Bonchev–Trinajstić information content (AvgIpc) is 2.89. The van der Waals surface area contributed by atoms with Gasteiger partial charge < -0.3 is 20.4 Å². The van der Waals surface area contributed by atoms with E-state index < -0.39 is 0 Å². The minimum Gasteiger partial charge on any atom is -0.368 e. The summed E-state index contributed by atoms with van der Waals surface area (Å²) in [6.07, 6.45) is 0. The third kappa shape index (κ3) is 4.96. The van der Waals surface area contributed by atoms with Crippen molar-refractivity contribution in [3.8, 4) is 0 Å². The van der Waals surface area contributed by atoms with E-state index in [0.29, 0.717) is 13.1 Å². The van der Waals surface area contributed by atoms with Gasteiger partial charge in [0.05, 0.1) is 5.69 Å². The molecule has 0 atom stereocenters. The molecule has 1 aliphatic rings. The number of fused-ring (bicyclic) bond motifs is 1. The van der Waals surface area contributed by atoms with Gasteiger partial charge in [0.1, 0.15) is 0 Å². The summed E-state index contributed by atoms with van der Waals surface area (Å²) in [5.41, 5.74) is 4.36. The Morgan fingerprint density at radius 2 is 1.40 bits per heavy atom. The highest BCUT2D eigenvalue weighted by Crippen LogP contribution is 2.24. The third-order valence-corrected chi connectivity index (χ3v) is 6.47. The molecule has 4 aromatic rings. The lowest BCUT2D eigenvalue weighted by Gasteiger charge is -2.36. The van der Waals surface area contributed by atoms with Gasteiger partial charge in [-0.15, -0.1) is 0 Å². The first-order chi connectivity index (χ1) is 17.1. The summed E-state index contributed by atoms with van der Waals surface area (Å²) in [4.78, 5) is 29.6. The number of carbonyl (C=O) groups is 2. The summed E-state index contributed by atoms with van der Waals surface area (Å²) >= 11 is 0. The molecule has 0 unspecified atom stereocenters. The van der Waals surface area contributed by atoms with Gasteiger partial charge in [0.2, 0.25) is 0 Å². The number of hydrogen-bond donors (Lipinski definition) is 2. The highest BCUT2D eigenvalue weighted by molar-refractivity contribution is 6.06. The van der Waals surface area contributed by atoms with Crippen molar-refractivity contribution in [1.29, 1.82) is 0 Å². The predicted molar refractivity (Wildman–Crippen MR) is 142 cm³/mol. The van der Waals surface area contributed by atoms with Crippen LogP contribution in [0, 0.1) is 6.92 Å².